The molecule has 0 bridgehead atoms. The number of ether oxygens (including phenoxy) is 3. The molecule has 2 amide bonds. The van der Waals surface area contributed by atoms with E-state index in [0.29, 0.717) is 29.4 Å². The van der Waals surface area contributed by atoms with Crippen LogP contribution in [0.5, 0.6) is 11.5 Å². The number of carbonyl (C=O) groups is 2. The Morgan fingerprint density at radius 3 is 2.41 bits per heavy atom. The molecule has 7 heteroatoms. The molecule has 1 aliphatic rings. The van der Waals surface area contributed by atoms with Gasteiger partial charge in [-0.2, -0.15) is 0 Å². The first kappa shape index (κ1) is 20.7. The van der Waals surface area contributed by atoms with Crippen LogP contribution in [-0.4, -0.2) is 56.7 Å². The number of methoxy groups -OCH3 is 1. The minimum absolute atomic E-state index is 0.0534. The van der Waals surface area contributed by atoms with Crippen LogP contribution in [0.3, 0.4) is 0 Å². The van der Waals surface area contributed by atoms with Gasteiger partial charge in [0.05, 0.1) is 19.8 Å². The fraction of sp³-hybridized carbons (Fsp3) is 0.364. The molecular weight excluding hydrogens is 372 g/mol. The van der Waals surface area contributed by atoms with Crippen LogP contribution in [0.25, 0.3) is 0 Å². The summed E-state index contributed by atoms with van der Waals surface area (Å²) in [5, 5.41) is 2.76. The fourth-order valence-corrected chi connectivity index (χ4v) is 3.04. The highest BCUT2D eigenvalue weighted by Gasteiger charge is 2.17. The van der Waals surface area contributed by atoms with E-state index in [4.69, 9.17) is 14.2 Å². The van der Waals surface area contributed by atoms with E-state index in [-0.39, 0.29) is 24.5 Å². The number of amides is 2. The Morgan fingerprint density at radius 1 is 1.10 bits per heavy atom. The number of nitrogens with zero attached hydrogens (tertiary/aromatic N) is 1. The molecule has 2 aromatic rings. The molecule has 154 valence electrons. The van der Waals surface area contributed by atoms with Crippen molar-refractivity contribution in [2.75, 3.05) is 39.2 Å². The van der Waals surface area contributed by atoms with Crippen molar-refractivity contribution in [3.63, 3.8) is 0 Å². The first-order valence-electron chi connectivity index (χ1n) is 9.59. The summed E-state index contributed by atoms with van der Waals surface area (Å²) in [5.74, 6) is 0.888. The topological polar surface area (TPSA) is 77.1 Å². The predicted octanol–water partition coefficient (Wildman–Crippen LogP) is 2.96. The smallest absolute Gasteiger partial charge is 0.254 e. The molecule has 0 saturated carbocycles. The zero-order chi connectivity index (χ0) is 20.6. The van der Waals surface area contributed by atoms with E-state index in [1.807, 2.05) is 0 Å². The summed E-state index contributed by atoms with van der Waals surface area (Å²) in [4.78, 5) is 26.1. The van der Waals surface area contributed by atoms with Gasteiger partial charge >= 0.3 is 0 Å². The van der Waals surface area contributed by atoms with Gasteiger partial charge < -0.3 is 24.4 Å². The van der Waals surface area contributed by atoms with Crippen molar-refractivity contribution in [3.8, 4) is 11.5 Å². The van der Waals surface area contributed by atoms with Gasteiger partial charge in [-0.15, -0.1) is 0 Å². The molecule has 1 fully saturated rings. The molecule has 2 aromatic carbocycles. The lowest BCUT2D eigenvalue weighted by molar-refractivity contribution is -0.116. The van der Waals surface area contributed by atoms with E-state index in [1.54, 1.807) is 62.7 Å². The summed E-state index contributed by atoms with van der Waals surface area (Å²) in [6.07, 6.45) is 2.23. The zero-order valence-corrected chi connectivity index (χ0v) is 16.7. The summed E-state index contributed by atoms with van der Waals surface area (Å²) >= 11 is 0. The molecule has 0 spiro atoms. The molecular formula is C22H26N2O5. The van der Waals surface area contributed by atoms with Crippen LogP contribution in [0.1, 0.15) is 23.2 Å². The Labute approximate surface area is 170 Å². The Morgan fingerprint density at radius 2 is 1.79 bits per heavy atom. The summed E-state index contributed by atoms with van der Waals surface area (Å²) in [7, 11) is 3.18. The minimum Gasteiger partial charge on any atom is -0.497 e. The molecule has 0 aliphatic carbocycles. The van der Waals surface area contributed by atoms with E-state index in [0.717, 1.165) is 19.4 Å². The minimum atomic E-state index is -0.275. The Bertz CT molecular complexity index is 814. The molecule has 29 heavy (non-hydrogen) atoms. The molecule has 3 rings (SSSR count). The average molecular weight is 398 g/mol. The van der Waals surface area contributed by atoms with Crippen LogP contribution in [0, 0.1) is 0 Å². The quantitative estimate of drug-likeness (QED) is 0.740. The number of benzene rings is 2. The Balaban J connectivity index is 1.48. The van der Waals surface area contributed by atoms with Gasteiger partial charge in [-0.3, -0.25) is 9.59 Å². The van der Waals surface area contributed by atoms with Gasteiger partial charge in [-0.1, -0.05) is 0 Å². The van der Waals surface area contributed by atoms with E-state index < -0.39 is 0 Å². The van der Waals surface area contributed by atoms with Crippen LogP contribution in [0.15, 0.2) is 48.5 Å². The van der Waals surface area contributed by atoms with Crippen molar-refractivity contribution in [1.82, 2.24) is 4.90 Å². The maximum atomic E-state index is 12.6. The summed E-state index contributed by atoms with van der Waals surface area (Å²) < 4.78 is 16.3. The van der Waals surface area contributed by atoms with E-state index in [9.17, 15) is 9.59 Å². The molecule has 1 aliphatic heterocycles. The lowest BCUT2D eigenvalue weighted by Crippen LogP contribution is -2.34. The standard InChI is InChI=1S/C22H26N2O5/c1-24(14-21(25)23-17-7-11-18(27-2)12-8-17)22(26)16-5-9-19(10-6-16)29-15-20-4-3-13-28-20/h5-12,20H,3-4,13-15H2,1-2H3,(H,23,25)/t20-/m0/s1. The normalized spacial score (nSPS) is 15.6. The molecule has 0 radical (unpaired) electrons. The second-order valence-corrected chi connectivity index (χ2v) is 6.91. The molecule has 0 aromatic heterocycles. The maximum absolute atomic E-state index is 12.6. The number of likely N-dealkylation sites (N-methyl/N-ethyl adjacent to an activating group) is 1. The zero-order valence-electron chi connectivity index (χ0n) is 16.7. The number of anilines is 1. The van der Waals surface area contributed by atoms with E-state index in [2.05, 4.69) is 5.32 Å². The SMILES string of the molecule is COc1ccc(NC(=O)CN(C)C(=O)c2ccc(OC[C@@H]3CCCO3)cc2)cc1. The van der Waals surface area contributed by atoms with Crippen molar-refractivity contribution in [3.05, 3.63) is 54.1 Å². The number of hydrogen-bond acceptors (Lipinski definition) is 5. The Kier molecular flexibility index (Phi) is 7.08. The first-order chi connectivity index (χ1) is 14.0. The van der Waals surface area contributed by atoms with Gasteiger partial charge in [0, 0.05) is 24.9 Å². The van der Waals surface area contributed by atoms with Crippen LogP contribution in [0.4, 0.5) is 5.69 Å². The lowest BCUT2D eigenvalue weighted by atomic mass is 10.2. The molecule has 7 nitrogen and oxygen atoms in total. The van der Waals surface area contributed by atoms with Crippen molar-refractivity contribution in [2.45, 2.75) is 18.9 Å². The molecule has 1 heterocycles. The largest absolute Gasteiger partial charge is 0.497 e. The average Bonchev–Trinajstić information content (AvgIpc) is 3.26. The van der Waals surface area contributed by atoms with Crippen molar-refractivity contribution in [1.29, 1.82) is 0 Å². The molecule has 1 atom stereocenters. The molecule has 0 unspecified atom stereocenters. The molecule has 1 N–H and O–H groups in total. The highest BCUT2D eigenvalue weighted by molar-refractivity contribution is 5.99. The molecule has 1 saturated heterocycles. The third-order valence-corrected chi connectivity index (χ3v) is 4.66. The monoisotopic (exact) mass is 398 g/mol. The number of rotatable bonds is 8. The van der Waals surface area contributed by atoms with E-state index >= 15 is 0 Å². The fourth-order valence-electron chi connectivity index (χ4n) is 3.04. The summed E-state index contributed by atoms with van der Waals surface area (Å²) in [6, 6.07) is 13.9. The van der Waals surface area contributed by atoms with Crippen molar-refractivity contribution >= 4 is 17.5 Å². The van der Waals surface area contributed by atoms with Crippen molar-refractivity contribution < 1.29 is 23.8 Å². The van der Waals surface area contributed by atoms with Crippen LogP contribution in [-0.2, 0) is 9.53 Å². The Hall–Kier alpha value is -3.06. The summed E-state index contributed by atoms with van der Waals surface area (Å²) in [6.45, 7) is 1.25. The first-order valence-corrected chi connectivity index (χ1v) is 9.59. The van der Waals surface area contributed by atoms with Crippen LogP contribution in [0.2, 0.25) is 0 Å². The van der Waals surface area contributed by atoms with Gasteiger partial charge in [0.25, 0.3) is 5.91 Å². The van der Waals surface area contributed by atoms with Gasteiger partial charge in [-0.25, -0.2) is 0 Å². The predicted molar refractivity (Wildman–Crippen MR) is 109 cm³/mol. The maximum Gasteiger partial charge on any atom is 0.254 e. The van der Waals surface area contributed by atoms with E-state index in [1.165, 1.54) is 4.90 Å². The van der Waals surface area contributed by atoms with Gasteiger partial charge in [-0.05, 0) is 61.4 Å². The third kappa shape index (κ3) is 5.96. The number of carbonyl (C=O) groups excluding carboxylic acids is 2. The second-order valence-electron chi connectivity index (χ2n) is 6.91. The van der Waals surface area contributed by atoms with Gasteiger partial charge in [0.15, 0.2) is 0 Å². The highest BCUT2D eigenvalue weighted by Crippen LogP contribution is 2.18. The third-order valence-electron chi connectivity index (χ3n) is 4.66. The van der Waals surface area contributed by atoms with Crippen LogP contribution < -0.4 is 14.8 Å². The van der Waals surface area contributed by atoms with Gasteiger partial charge in [0.2, 0.25) is 5.91 Å². The second kappa shape index (κ2) is 9.93. The number of nitrogens with one attached hydrogen (secondary N) is 1. The summed E-state index contributed by atoms with van der Waals surface area (Å²) in [5.41, 5.74) is 1.14. The van der Waals surface area contributed by atoms with Crippen LogP contribution >= 0.6 is 0 Å². The van der Waals surface area contributed by atoms with Crippen molar-refractivity contribution in [2.24, 2.45) is 0 Å². The lowest BCUT2D eigenvalue weighted by Gasteiger charge is -2.17. The highest BCUT2D eigenvalue weighted by atomic mass is 16.5. The van der Waals surface area contributed by atoms with Gasteiger partial charge in [0.1, 0.15) is 18.1 Å². The number of hydrogen-bond donors (Lipinski definition) is 1.